The molecule has 0 amide bonds. The van der Waals surface area contributed by atoms with Crippen molar-refractivity contribution in [3.63, 3.8) is 0 Å². The summed E-state index contributed by atoms with van der Waals surface area (Å²) in [5.41, 5.74) is 2.21. The van der Waals surface area contributed by atoms with E-state index in [2.05, 4.69) is 27.8 Å². The molecular formula is C24H26N5O2P. The molecule has 0 bridgehead atoms. The van der Waals surface area contributed by atoms with Gasteiger partial charge in [0.05, 0.1) is 32.1 Å². The van der Waals surface area contributed by atoms with Crippen molar-refractivity contribution in [2.45, 2.75) is 0 Å². The van der Waals surface area contributed by atoms with Crippen molar-refractivity contribution in [2.75, 3.05) is 52.6 Å². The van der Waals surface area contributed by atoms with E-state index in [0.717, 1.165) is 35.5 Å². The van der Waals surface area contributed by atoms with Crippen molar-refractivity contribution in [2.24, 2.45) is 9.51 Å². The van der Waals surface area contributed by atoms with Gasteiger partial charge in [-0.15, -0.1) is 0 Å². The molecule has 164 valence electrons. The van der Waals surface area contributed by atoms with E-state index >= 15 is 0 Å². The molecule has 5 rings (SSSR count). The Balaban J connectivity index is 1.79. The minimum atomic E-state index is -2.54. The number of hydrogen-bond donors (Lipinski definition) is 0. The lowest BCUT2D eigenvalue weighted by molar-refractivity contribution is 0.0681. The number of nitriles is 1. The fraction of sp³-hybridized carbons (Fsp3) is 0.333. The molecule has 32 heavy (non-hydrogen) atoms. The van der Waals surface area contributed by atoms with Crippen LogP contribution < -0.4 is 5.30 Å². The van der Waals surface area contributed by atoms with Gasteiger partial charge in [-0.2, -0.15) is 5.26 Å². The van der Waals surface area contributed by atoms with Gasteiger partial charge in [-0.3, -0.25) is 0 Å². The van der Waals surface area contributed by atoms with Gasteiger partial charge in [0.1, 0.15) is 11.6 Å². The molecule has 2 fully saturated rings. The monoisotopic (exact) mass is 447 g/mol. The molecule has 0 spiro atoms. The molecule has 0 radical (unpaired) electrons. The predicted octanol–water partition coefficient (Wildman–Crippen LogP) is 3.35. The van der Waals surface area contributed by atoms with Crippen molar-refractivity contribution in [3.8, 4) is 6.07 Å². The highest BCUT2D eigenvalue weighted by Crippen LogP contribution is 2.58. The van der Waals surface area contributed by atoms with E-state index in [1.807, 2.05) is 48.5 Å². The maximum Gasteiger partial charge on any atom is 0.176 e. The zero-order chi connectivity index (χ0) is 21.8. The highest BCUT2D eigenvalue weighted by Gasteiger charge is 2.38. The van der Waals surface area contributed by atoms with Gasteiger partial charge in [0, 0.05) is 37.0 Å². The minimum Gasteiger partial charge on any atom is -0.379 e. The summed E-state index contributed by atoms with van der Waals surface area (Å²) in [4.78, 5) is 2.19. The first kappa shape index (κ1) is 21.1. The van der Waals surface area contributed by atoms with E-state index in [-0.39, 0.29) is 0 Å². The van der Waals surface area contributed by atoms with Crippen LogP contribution in [0.1, 0.15) is 5.56 Å². The molecule has 1 unspecified atom stereocenters. The van der Waals surface area contributed by atoms with E-state index in [4.69, 9.17) is 19.0 Å². The van der Waals surface area contributed by atoms with Crippen LogP contribution >= 0.6 is 7.36 Å². The van der Waals surface area contributed by atoms with Gasteiger partial charge >= 0.3 is 0 Å². The summed E-state index contributed by atoms with van der Waals surface area (Å²) in [5, 5.41) is 11.3. The molecule has 3 aliphatic rings. The molecule has 3 heterocycles. The van der Waals surface area contributed by atoms with Crippen molar-refractivity contribution >= 4 is 24.2 Å². The summed E-state index contributed by atoms with van der Waals surface area (Å²) in [6.45, 7) is 5.51. The minimum absolute atomic E-state index is 0.540. The Bertz CT molecular complexity index is 1110. The van der Waals surface area contributed by atoms with Gasteiger partial charge in [0.15, 0.2) is 13.2 Å². The van der Waals surface area contributed by atoms with Gasteiger partial charge in [-0.05, 0) is 0 Å². The largest absolute Gasteiger partial charge is 0.379 e. The van der Waals surface area contributed by atoms with E-state index in [9.17, 15) is 5.26 Å². The van der Waals surface area contributed by atoms with E-state index in [0.29, 0.717) is 45.1 Å². The molecule has 1 atom stereocenters. The van der Waals surface area contributed by atoms with Crippen LogP contribution in [0.2, 0.25) is 0 Å². The van der Waals surface area contributed by atoms with Crippen LogP contribution in [0.15, 0.2) is 75.7 Å². The Kier molecular flexibility index (Phi) is 6.20. The number of morpholine rings is 2. The van der Waals surface area contributed by atoms with E-state index in [1.165, 1.54) is 0 Å². The van der Waals surface area contributed by atoms with Crippen LogP contribution in [0.4, 0.5) is 0 Å². The number of benzene rings is 2. The number of nitrogens with zero attached hydrogens (tertiary/aromatic N) is 5. The van der Waals surface area contributed by atoms with Crippen molar-refractivity contribution in [1.82, 2.24) is 9.57 Å². The molecule has 2 aromatic rings. The van der Waals surface area contributed by atoms with E-state index < -0.39 is 7.36 Å². The number of rotatable bonds is 3. The Morgan fingerprint density at radius 3 is 2.03 bits per heavy atom. The Hall–Kier alpha value is -2.75. The Morgan fingerprint density at radius 2 is 1.41 bits per heavy atom. The zero-order valence-corrected chi connectivity index (χ0v) is 18.8. The van der Waals surface area contributed by atoms with Crippen molar-refractivity contribution in [1.29, 1.82) is 5.26 Å². The van der Waals surface area contributed by atoms with Gasteiger partial charge in [-0.25, -0.2) is 14.2 Å². The van der Waals surface area contributed by atoms with Crippen LogP contribution in [0, 0.1) is 11.3 Å². The first-order valence-corrected chi connectivity index (χ1v) is 12.6. The zero-order valence-electron chi connectivity index (χ0n) is 17.9. The van der Waals surface area contributed by atoms with Gasteiger partial charge in [0.2, 0.25) is 0 Å². The second-order valence-electron chi connectivity index (χ2n) is 7.79. The number of amidine groups is 1. The summed E-state index contributed by atoms with van der Waals surface area (Å²) in [6.07, 6.45) is 0. The van der Waals surface area contributed by atoms with Gasteiger partial charge < -0.3 is 14.4 Å². The van der Waals surface area contributed by atoms with Gasteiger partial charge in [-0.1, -0.05) is 60.7 Å². The summed E-state index contributed by atoms with van der Waals surface area (Å²) in [5.74, 6) is 0.744. The molecule has 2 aromatic carbocycles. The average Bonchev–Trinajstić information content (AvgIpc) is 2.90. The van der Waals surface area contributed by atoms with Crippen LogP contribution in [0.5, 0.6) is 0 Å². The van der Waals surface area contributed by atoms with Crippen LogP contribution in [0.25, 0.3) is 5.70 Å². The third-order valence-electron chi connectivity index (χ3n) is 5.89. The van der Waals surface area contributed by atoms with E-state index in [1.54, 1.807) is 0 Å². The average molecular weight is 447 g/mol. The normalized spacial score (nSPS) is 24.5. The summed E-state index contributed by atoms with van der Waals surface area (Å²) in [6, 6.07) is 22.8. The molecule has 2 saturated heterocycles. The highest BCUT2D eigenvalue weighted by atomic mass is 31.2. The van der Waals surface area contributed by atoms with Crippen molar-refractivity contribution in [3.05, 3.63) is 71.8 Å². The molecule has 7 nitrogen and oxygen atoms in total. The maximum atomic E-state index is 10.2. The Labute approximate surface area is 188 Å². The standard InChI is InChI=1S/C24H26N5O2P/c25-19-22-23(20-7-3-1-4-8-20)26-32(21-9-5-2-6-10-21,29-13-17-31-18-14-29)27-24(22)28-11-15-30-16-12-28/h1-10H,11-18H2. The second kappa shape index (κ2) is 9.40. The van der Waals surface area contributed by atoms with Crippen LogP contribution in [0.3, 0.4) is 0 Å². The SMILES string of the molecule is N#CC1=C(c2ccccc2)N=P(c2ccccc2)(N2CCOCC2)N=C1N1CCOCC1. The smallest absolute Gasteiger partial charge is 0.176 e. The maximum absolute atomic E-state index is 10.2. The predicted molar refractivity (Wildman–Crippen MR) is 127 cm³/mol. The third kappa shape index (κ3) is 3.92. The first-order chi connectivity index (χ1) is 15.8. The summed E-state index contributed by atoms with van der Waals surface area (Å²) in [7, 11) is -2.54. The highest BCUT2D eigenvalue weighted by molar-refractivity contribution is 7.70. The molecule has 8 heteroatoms. The molecule has 0 saturated carbocycles. The summed E-state index contributed by atoms with van der Waals surface area (Å²) >= 11 is 0. The lowest BCUT2D eigenvalue weighted by Crippen LogP contribution is -2.43. The number of hydrogen-bond acceptors (Lipinski definition) is 7. The molecule has 0 aromatic heterocycles. The molecule has 0 aliphatic carbocycles. The number of ether oxygens (including phenoxy) is 2. The topological polar surface area (TPSA) is 73.5 Å². The lowest BCUT2D eigenvalue weighted by Gasteiger charge is -2.40. The molecule has 0 N–H and O–H groups in total. The van der Waals surface area contributed by atoms with Gasteiger partial charge in [0.25, 0.3) is 0 Å². The van der Waals surface area contributed by atoms with Crippen LogP contribution in [-0.4, -0.2) is 68.0 Å². The fourth-order valence-corrected chi connectivity index (χ4v) is 7.40. The lowest BCUT2D eigenvalue weighted by atomic mass is 10.1. The molecule has 3 aliphatic heterocycles. The Morgan fingerprint density at radius 1 is 0.812 bits per heavy atom. The summed E-state index contributed by atoms with van der Waals surface area (Å²) < 4.78 is 24.4. The third-order valence-corrected chi connectivity index (χ3v) is 9.02. The first-order valence-electron chi connectivity index (χ1n) is 11.0. The van der Waals surface area contributed by atoms with Crippen molar-refractivity contribution < 1.29 is 9.47 Å². The van der Waals surface area contributed by atoms with Crippen LogP contribution in [-0.2, 0) is 9.47 Å². The second-order valence-corrected chi connectivity index (χ2v) is 10.4. The molecular weight excluding hydrogens is 421 g/mol. The quantitative estimate of drug-likeness (QED) is 0.675. The fourth-order valence-electron chi connectivity index (χ4n) is 4.26.